The van der Waals surface area contributed by atoms with Crippen LogP contribution in [0.1, 0.15) is 29.8 Å². The van der Waals surface area contributed by atoms with E-state index in [0.717, 1.165) is 5.56 Å². The van der Waals surface area contributed by atoms with Gasteiger partial charge in [-0.1, -0.05) is 44.2 Å². The normalized spacial score (nSPS) is 11.1. The Bertz CT molecular complexity index is 806. The molecule has 0 saturated carbocycles. The lowest BCUT2D eigenvalue weighted by Gasteiger charge is -2.29. The van der Waals surface area contributed by atoms with Gasteiger partial charge in [-0.15, -0.1) is 0 Å². The van der Waals surface area contributed by atoms with Crippen LogP contribution in [0.25, 0.3) is 0 Å². The second-order valence-corrected chi connectivity index (χ2v) is 7.36. The van der Waals surface area contributed by atoms with Crippen LogP contribution in [-0.2, 0) is 6.54 Å². The van der Waals surface area contributed by atoms with Crippen LogP contribution in [0.2, 0.25) is 0 Å². The van der Waals surface area contributed by atoms with E-state index in [4.69, 9.17) is 5.73 Å². The van der Waals surface area contributed by atoms with E-state index in [1.807, 2.05) is 44.2 Å². The number of anilines is 1. The predicted molar refractivity (Wildman–Crippen MR) is 107 cm³/mol. The summed E-state index contributed by atoms with van der Waals surface area (Å²) in [6.45, 7) is 5.29. The molecule has 0 aliphatic rings. The fraction of sp³-hybridized carbons (Fsp3) is 0.350. The molecule has 7 nitrogen and oxygen atoms in total. The van der Waals surface area contributed by atoms with Gasteiger partial charge in [-0.2, -0.15) is 0 Å². The number of benzene rings is 2. The van der Waals surface area contributed by atoms with Crippen LogP contribution in [0.15, 0.2) is 48.5 Å². The Labute approximate surface area is 159 Å². The summed E-state index contributed by atoms with van der Waals surface area (Å²) in [5, 5.41) is 14.5. The lowest BCUT2D eigenvalue weighted by atomic mass is 9.93. The molecule has 1 amide bonds. The van der Waals surface area contributed by atoms with Crippen LogP contribution in [0.3, 0.4) is 0 Å². The molecule has 0 aromatic heterocycles. The van der Waals surface area contributed by atoms with Gasteiger partial charge in [-0.05, 0) is 29.7 Å². The standard InChI is InChI=1S/C20H26N4O3/c1-20(2,13-21)14-23(3)19(25)16-9-10-17(18(11-16)24(26)27)22-12-15-7-5-4-6-8-15/h4-11,22H,12-14,21H2,1-3H3. The lowest BCUT2D eigenvalue weighted by Crippen LogP contribution is -2.39. The average molecular weight is 370 g/mol. The summed E-state index contributed by atoms with van der Waals surface area (Å²) in [4.78, 5) is 25.2. The zero-order valence-corrected chi connectivity index (χ0v) is 15.9. The van der Waals surface area contributed by atoms with Crippen LogP contribution in [0, 0.1) is 15.5 Å². The molecule has 0 atom stereocenters. The summed E-state index contributed by atoms with van der Waals surface area (Å²) >= 11 is 0. The Morgan fingerprint density at radius 1 is 1.22 bits per heavy atom. The second kappa shape index (κ2) is 8.64. The summed E-state index contributed by atoms with van der Waals surface area (Å²) in [7, 11) is 1.67. The number of nitrogens with two attached hydrogens (primary N) is 1. The van der Waals surface area contributed by atoms with Gasteiger partial charge >= 0.3 is 0 Å². The zero-order valence-electron chi connectivity index (χ0n) is 15.9. The summed E-state index contributed by atoms with van der Waals surface area (Å²) in [5.41, 5.74) is 7.04. The lowest BCUT2D eigenvalue weighted by molar-refractivity contribution is -0.384. The van der Waals surface area contributed by atoms with Crippen LogP contribution in [0.5, 0.6) is 0 Å². The van der Waals surface area contributed by atoms with Crippen molar-refractivity contribution in [3.05, 3.63) is 69.8 Å². The maximum Gasteiger partial charge on any atom is 0.293 e. The van der Waals surface area contributed by atoms with Gasteiger partial charge in [0, 0.05) is 31.8 Å². The van der Waals surface area contributed by atoms with Crippen molar-refractivity contribution in [3.63, 3.8) is 0 Å². The second-order valence-electron chi connectivity index (χ2n) is 7.36. The van der Waals surface area contributed by atoms with Gasteiger partial charge in [0.25, 0.3) is 11.6 Å². The van der Waals surface area contributed by atoms with Crippen LogP contribution >= 0.6 is 0 Å². The first-order chi connectivity index (χ1) is 12.7. The number of carbonyl (C=O) groups is 1. The molecule has 27 heavy (non-hydrogen) atoms. The van der Waals surface area contributed by atoms with Gasteiger partial charge in [-0.25, -0.2) is 0 Å². The van der Waals surface area contributed by atoms with E-state index in [1.54, 1.807) is 24.1 Å². The van der Waals surface area contributed by atoms with Crippen LogP contribution in [-0.4, -0.2) is 35.9 Å². The van der Waals surface area contributed by atoms with Crippen molar-refractivity contribution >= 4 is 17.3 Å². The van der Waals surface area contributed by atoms with E-state index in [1.165, 1.54) is 6.07 Å². The minimum absolute atomic E-state index is 0.122. The Kier molecular flexibility index (Phi) is 6.52. The van der Waals surface area contributed by atoms with E-state index in [9.17, 15) is 14.9 Å². The maximum atomic E-state index is 12.6. The molecule has 0 aliphatic heterocycles. The summed E-state index contributed by atoms with van der Waals surface area (Å²) in [6, 6.07) is 14.1. The smallest absolute Gasteiger partial charge is 0.293 e. The first-order valence-electron chi connectivity index (χ1n) is 8.75. The van der Waals surface area contributed by atoms with E-state index in [0.29, 0.717) is 25.3 Å². The molecular formula is C20H26N4O3. The number of nitro benzene ring substituents is 1. The molecular weight excluding hydrogens is 344 g/mol. The Morgan fingerprint density at radius 3 is 2.48 bits per heavy atom. The number of hydrogen-bond donors (Lipinski definition) is 2. The molecule has 0 saturated heterocycles. The van der Waals surface area contributed by atoms with Gasteiger partial charge in [0.15, 0.2) is 0 Å². The molecule has 0 aliphatic carbocycles. The molecule has 144 valence electrons. The summed E-state index contributed by atoms with van der Waals surface area (Å²) in [6.07, 6.45) is 0. The quantitative estimate of drug-likeness (QED) is 0.548. The zero-order chi connectivity index (χ0) is 20.0. The molecule has 0 radical (unpaired) electrons. The molecule has 3 N–H and O–H groups in total. The van der Waals surface area contributed by atoms with Crippen molar-refractivity contribution in [2.24, 2.45) is 11.1 Å². The highest BCUT2D eigenvalue weighted by Crippen LogP contribution is 2.27. The third-order valence-electron chi connectivity index (χ3n) is 4.33. The largest absolute Gasteiger partial charge is 0.375 e. The average Bonchev–Trinajstić information content (AvgIpc) is 2.66. The van der Waals surface area contributed by atoms with Gasteiger partial charge < -0.3 is 16.0 Å². The molecule has 0 spiro atoms. The minimum Gasteiger partial charge on any atom is -0.375 e. The van der Waals surface area contributed by atoms with Crippen molar-refractivity contribution in [2.45, 2.75) is 20.4 Å². The van der Waals surface area contributed by atoms with Crippen LogP contribution in [0.4, 0.5) is 11.4 Å². The van der Waals surface area contributed by atoms with Crippen molar-refractivity contribution in [2.75, 3.05) is 25.5 Å². The monoisotopic (exact) mass is 370 g/mol. The fourth-order valence-electron chi connectivity index (χ4n) is 2.76. The summed E-state index contributed by atoms with van der Waals surface area (Å²) in [5.74, 6) is -0.269. The predicted octanol–water partition coefficient (Wildman–Crippen LogP) is 3.26. The van der Waals surface area contributed by atoms with Crippen molar-refractivity contribution in [1.29, 1.82) is 0 Å². The Hall–Kier alpha value is -2.93. The third kappa shape index (κ3) is 5.52. The number of nitro groups is 1. The van der Waals surface area contributed by atoms with E-state index in [-0.39, 0.29) is 22.6 Å². The molecule has 2 rings (SSSR count). The maximum absolute atomic E-state index is 12.6. The molecule has 7 heteroatoms. The highest BCUT2D eigenvalue weighted by atomic mass is 16.6. The first-order valence-corrected chi connectivity index (χ1v) is 8.75. The number of amides is 1. The number of rotatable bonds is 8. The number of nitrogens with one attached hydrogen (secondary N) is 1. The minimum atomic E-state index is -0.478. The topological polar surface area (TPSA) is 102 Å². The van der Waals surface area contributed by atoms with E-state index >= 15 is 0 Å². The highest BCUT2D eigenvalue weighted by molar-refractivity contribution is 5.95. The third-order valence-corrected chi connectivity index (χ3v) is 4.33. The van der Waals surface area contributed by atoms with E-state index in [2.05, 4.69) is 5.32 Å². The highest BCUT2D eigenvalue weighted by Gasteiger charge is 2.24. The first kappa shape index (κ1) is 20.4. The van der Waals surface area contributed by atoms with Crippen molar-refractivity contribution < 1.29 is 9.72 Å². The summed E-state index contributed by atoms with van der Waals surface area (Å²) < 4.78 is 0. The van der Waals surface area contributed by atoms with Gasteiger partial charge in [0.05, 0.1) is 4.92 Å². The van der Waals surface area contributed by atoms with Gasteiger partial charge in [0.1, 0.15) is 5.69 Å². The number of hydrogen-bond acceptors (Lipinski definition) is 5. The fourth-order valence-corrected chi connectivity index (χ4v) is 2.76. The molecule has 0 heterocycles. The Morgan fingerprint density at radius 2 is 1.89 bits per heavy atom. The molecule has 0 bridgehead atoms. The molecule has 2 aromatic rings. The van der Waals surface area contributed by atoms with Gasteiger partial charge in [-0.3, -0.25) is 14.9 Å². The number of carbonyl (C=O) groups excluding carboxylic acids is 1. The van der Waals surface area contributed by atoms with Crippen molar-refractivity contribution in [1.82, 2.24) is 4.90 Å². The van der Waals surface area contributed by atoms with Crippen molar-refractivity contribution in [3.8, 4) is 0 Å². The Balaban J connectivity index is 2.19. The van der Waals surface area contributed by atoms with Gasteiger partial charge in [0.2, 0.25) is 0 Å². The van der Waals surface area contributed by atoms with Crippen LogP contribution < -0.4 is 11.1 Å². The molecule has 0 fully saturated rings. The SMILES string of the molecule is CN(CC(C)(C)CN)C(=O)c1ccc(NCc2ccccc2)c([N+](=O)[O-])c1. The van der Waals surface area contributed by atoms with E-state index < -0.39 is 4.92 Å². The molecule has 2 aromatic carbocycles. The number of nitrogens with zero attached hydrogens (tertiary/aromatic N) is 2. The molecule has 0 unspecified atom stereocenters.